The standard InChI is InChI=1S/C14H25N5/c1-4-12-13(15)16-10-17-14(12)19-7-5-11(6-8-19)9-18(2)3/h10-11H,4-9H2,1-3H3,(H2,15,16,17). The maximum atomic E-state index is 5.95. The van der Waals surface area contributed by atoms with Crippen LogP contribution in [0.25, 0.3) is 0 Å². The predicted molar refractivity (Wildman–Crippen MR) is 79.3 cm³/mol. The van der Waals surface area contributed by atoms with E-state index in [0.29, 0.717) is 5.82 Å². The van der Waals surface area contributed by atoms with Crippen LogP contribution in [0.5, 0.6) is 0 Å². The van der Waals surface area contributed by atoms with E-state index in [1.54, 1.807) is 6.33 Å². The third kappa shape index (κ3) is 3.35. The normalized spacial score (nSPS) is 17.2. The Hall–Kier alpha value is -1.36. The summed E-state index contributed by atoms with van der Waals surface area (Å²) in [4.78, 5) is 13.2. The number of piperidine rings is 1. The van der Waals surface area contributed by atoms with Gasteiger partial charge in [0.15, 0.2) is 0 Å². The molecule has 0 saturated carbocycles. The van der Waals surface area contributed by atoms with E-state index in [1.807, 2.05) is 0 Å². The van der Waals surface area contributed by atoms with Crippen molar-refractivity contribution in [2.24, 2.45) is 5.92 Å². The first-order chi connectivity index (χ1) is 9.11. The first-order valence-corrected chi connectivity index (χ1v) is 7.10. The molecule has 106 valence electrons. The second-order valence-corrected chi connectivity index (χ2v) is 5.61. The van der Waals surface area contributed by atoms with Crippen molar-refractivity contribution in [3.8, 4) is 0 Å². The minimum Gasteiger partial charge on any atom is -0.383 e. The van der Waals surface area contributed by atoms with Crippen molar-refractivity contribution in [1.82, 2.24) is 14.9 Å². The highest BCUT2D eigenvalue weighted by atomic mass is 15.2. The average Bonchev–Trinajstić information content (AvgIpc) is 2.38. The van der Waals surface area contributed by atoms with Crippen molar-refractivity contribution < 1.29 is 0 Å². The molecule has 2 rings (SSSR count). The molecule has 2 N–H and O–H groups in total. The molecule has 0 bridgehead atoms. The molecule has 0 aromatic carbocycles. The van der Waals surface area contributed by atoms with Crippen LogP contribution in [0.3, 0.4) is 0 Å². The number of aromatic nitrogens is 2. The molecule has 5 nitrogen and oxygen atoms in total. The molecule has 1 fully saturated rings. The van der Waals surface area contributed by atoms with Crippen LogP contribution in [0.15, 0.2) is 6.33 Å². The van der Waals surface area contributed by atoms with Crippen molar-refractivity contribution in [2.75, 3.05) is 44.4 Å². The van der Waals surface area contributed by atoms with Gasteiger partial charge in [-0.15, -0.1) is 0 Å². The Morgan fingerprint density at radius 2 is 2.00 bits per heavy atom. The number of hydrogen-bond donors (Lipinski definition) is 1. The molecular formula is C14H25N5. The minimum absolute atomic E-state index is 0.628. The Labute approximate surface area is 115 Å². The highest BCUT2D eigenvalue weighted by Crippen LogP contribution is 2.27. The highest BCUT2D eigenvalue weighted by molar-refractivity contribution is 5.56. The van der Waals surface area contributed by atoms with Gasteiger partial charge >= 0.3 is 0 Å². The lowest BCUT2D eigenvalue weighted by atomic mass is 9.96. The second kappa shape index (κ2) is 6.19. The number of nitrogen functional groups attached to an aromatic ring is 1. The van der Waals surface area contributed by atoms with E-state index in [9.17, 15) is 0 Å². The zero-order chi connectivity index (χ0) is 13.8. The SMILES string of the molecule is CCc1c(N)ncnc1N1CCC(CN(C)C)CC1. The van der Waals surface area contributed by atoms with Gasteiger partial charge in [0.25, 0.3) is 0 Å². The lowest BCUT2D eigenvalue weighted by molar-refractivity contribution is 0.284. The molecule has 2 heterocycles. The van der Waals surface area contributed by atoms with E-state index < -0.39 is 0 Å². The third-order valence-corrected chi connectivity index (χ3v) is 3.85. The Bertz CT molecular complexity index is 410. The summed E-state index contributed by atoms with van der Waals surface area (Å²) in [6, 6.07) is 0. The van der Waals surface area contributed by atoms with Gasteiger partial charge in [-0.1, -0.05) is 6.92 Å². The van der Waals surface area contributed by atoms with E-state index in [2.05, 4.69) is 40.8 Å². The smallest absolute Gasteiger partial charge is 0.137 e. The molecule has 0 spiro atoms. The van der Waals surface area contributed by atoms with Crippen LogP contribution in [-0.4, -0.2) is 48.6 Å². The fourth-order valence-corrected chi connectivity index (χ4v) is 2.87. The molecule has 1 aliphatic heterocycles. The molecule has 1 aliphatic rings. The first-order valence-electron chi connectivity index (χ1n) is 7.10. The van der Waals surface area contributed by atoms with Crippen LogP contribution >= 0.6 is 0 Å². The van der Waals surface area contributed by atoms with Gasteiger partial charge in [-0.3, -0.25) is 0 Å². The lowest BCUT2D eigenvalue weighted by Crippen LogP contribution is -2.38. The van der Waals surface area contributed by atoms with E-state index in [4.69, 9.17) is 5.73 Å². The van der Waals surface area contributed by atoms with Gasteiger partial charge in [0, 0.05) is 25.2 Å². The quantitative estimate of drug-likeness (QED) is 0.890. The average molecular weight is 263 g/mol. The van der Waals surface area contributed by atoms with E-state index >= 15 is 0 Å². The number of rotatable bonds is 4. The Kier molecular flexibility index (Phi) is 4.58. The van der Waals surface area contributed by atoms with Gasteiger partial charge in [-0.2, -0.15) is 0 Å². The zero-order valence-electron chi connectivity index (χ0n) is 12.3. The van der Waals surface area contributed by atoms with Crippen molar-refractivity contribution >= 4 is 11.6 Å². The fraction of sp³-hybridized carbons (Fsp3) is 0.714. The predicted octanol–water partition coefficient (Wildman–Crippen LogP) is 1.40. The summed E-state index contributed by atoms with van der Waals surface area (Å²) in [5, 5.41) is 0. The topological polar surface area (TPSA) is 58.3 Å². The summed E-state index contributed by atoms with van der Waals surface area (Å²) in [6.45, 7) is 5.43. The van der Waals surface area contributed by atoms with Gasteiger partial charge < -0.3 is 15.5 Å². The maximum absolute atomic E-state index is 5.95. The summed E-state index contributed by atoms with van der Waals surface area (Å²) in [5.41, 5.74) is 7.04. The van der Waals surface area contributed by atoms with Gasteiger partial charge in [0.2, 0.25) is 0 Å². The monoisotopic (exact) mass is 263 g/mol. The molecular weight excluding hydrogens is 238 g/mol. The van der Waals surface area contributed by atoms with E-state index in [0.717, 1.165) is 36.8 Å². The van der Waals surface area contributed by atoms with Crippen LogP contribution in [0.1, 0.15) is 25.3 Å². The van der Waals surface area contributed by atoms with Gasteiger partial charge in [0.1, 0.15) is 18.0 Å². The number of nitrogens with zero attached hydrogens (tertiary/aromatic N) is 4. The Morgan fingerprint density at radius 1 is 1.32 bits per heavy atom. The zero-order valence-corrected chi connectivity index (χ0v) is 12.3. The second-order valence-electron chi connectivity index (χ2n) is 5.61. The number of anilines is 2. The van der Waals surface area contributed by atoms with Gasteiger partial charge in [-0.25, -0.2) is 9.97 Å². The van der Waals surface area contributed by atoms with Gasteiger partial charge in [0.05, 0.1) is 0 Å². The highest BCUT2D eigenvalue weighted by Gasteiger charge is 2.22. The molecule has 0 atom stereocenters. The van der Waals surface area contributed by atoms with Crippen molar-refractivity contribution in [1.29, 1.82) is 0 Å². The third-order valence-electron chi connectivity index (χ3n) is 3.85. The van der Waals surface area contributed by atoms with Crippen LogP contribution < -0.4 is 10.6 Å². The van der Waals surface area contributed by atoms with Crippen molar-refractivity contribution in [3.63, 3.8) is 0 Å². The van der Waals surface area contributed by atoms with Crippen LogP contribution in [-0.2, 0) is 6.42 Å². The molecule has 1 saturated heterocycles. The van der Waals surface area contributed by atoms with Crippen LogP contribution in [0, 0.1) is 5.92 Å². The van der Waals surface area contributed by atoms with Crippen molar-refractivity contribution in [2.45, 2.75) is 26.2 Å². The molecule has 19 heavy (non-hydrogen) atoms. The molecule has 1 aromatic rings. The number of hydrogen-bond acceptors (Lipinski definition) is 5. The summed E-state index contributed by atoms with van der Waals surface area (Å²) in [5.74, 6) is 2.47. The molecule has 5 heteroatoms. The molecule has 0 unspecified atom stereocenters. The van der Waals surface area contributed by atoms with E-state index in [1.165, 1.54) is 19.4 Å². The molecule has 0 amide bonds. The molecule has 1 aromatic heterocycles. The molecule has 0 aliphatic carbocycles. The summed E-state index contributed by atoms with van der Waals surface area (Å²) in [7, 11) is 4.29. The first kappa shape index (κ1) is 14.1. The molecule has 0 radical (unpaired) electrons. The Balaban J connectivity index is 2.03. The van der Waals surface area contributed by atoms with Crippen LogP contribution in [0.2, 0.25) is 0 Å². The fourth-order valence-electron chi connectivity index (χ4n) is 2.87. The Morgan fingerprint density at radius 3 is 2.58 bits per heavy atom. The lowest BCUT2D eigenvalue weighted by Gasteiger charge is -2.34. The van der Waals surface area contributed by atoms with E-state index in [-0.39, 0.29) is 0 Å². The van der Waals surface area contributed by atoms with Crippen LogP contribution in [0.4, 0.5) is 11.6 Å². The summed E-state index contributed by atoms with van der Waals surface area (Å²) >= 11 is 0. The van der Waals surface area contributed by atoms with Crippen molar-refractivity contribution in [3.05, 3.63) is 11.9 Å². The largest absolute Gasteiger partial charge is 0.383 e. The number of nitrogens with two attached hydrogens (primary N) is 1. The summed E-state index contributed by atoms with van der Waals surface area (Å²) in [6.07, 6.45) is 4.92. The van der Waals surface area contributed by atoms with Gasteiger partial charge in [-0.05, 0) is 39.3 Å². The maximum Gasteiger partial charge on any atom is 0.137 e. The summed E-state index contributed by atoms with van der Waals surface area (Å²) < 4.78 is 0. The minimum atomic E-state index is 0.628.